The second-order valence-corrected chi connectivity index (χ2v) is 13.4. The molecule has 2 aromatic heterocycles. The number of hydrogen-bond donors (Lipinski definition) is 1. The monoisotopic (exact) mass is 513 g/mol. The van der Waals surface area contributed by atoms with Gasteiger partial charge in [0, 0.05) is 37.0 Å². The summed E-state index contributed by atoms with van der Waals surface area (Å²) in [5.74, 6) is 3.57. The molecular weight excluding hydrogens is 478 g/mol. The molecule has 1 aliphatic heterocycles. The summed E-state index contributed by atoms with van der Waals surface area (Å²) >= 11 is 2.12. The Morgan fingerprint density at radius 3 is 2.54 bits per heavy atom. The topological polar surface area (TPSA) is 80.1 Å². The minimum atomic E-state index is -3.74. The highest BCUT2D eigenvalue weighted by Crippen LogP contribution is 2.44. The molecule has 0 bridgehead atoms. The largest absolute Gasteiger partial charge is 0.372 e. The van der Waals surface area contributed by atoms with Crippen molar-refractivity contribution < 1.29 is 8.42 Å². The van der Waals surface area contributed by atoms with Crippen LogP contribution in [0.2, 0.25) is 0 Å². The first-order valence-corrected chi connectivity index (χ1v) is 15.0. The second kappa shape index (κ2) is 9.75. The summed E-state index contributed by atoms with van der Waals surface area (Å²) in [7, 11) is -1.92. The summed E-state index contributed by atoms with van der Waals surface area (Å²) < 4.78 is 28.1. The average Bonchev–Trinajstić information content (AvgIpc) is 3.45. The predicted molar refractivity (Wildman–Crippen MR) is 144 cm³/mol. The zero-order valence-electron chi connectivity index (χ0n) is 20.9. The third-order valence-corrected chi connectivity index (χ3v) is 10.6. The van der Waals surface area contributed by atoms with E-state index in [-0.39, 0.29) is 10.8 Å². The number of nitrogens with zero attached hydrogens (tertiary/aromatic N) is 4. The van der Waals surface area contributed by atoms with E-state index in [1.807, 2.05) is 26.1 Å². The van der Waals surface area contributed by atoms with Crippen molar-refractivity contribution in [2.24, 2.45) is 5.92 Å². The number of aryl methyl sites for hydroxylation is 1. The number of rotatable bonds is 8. The van der Waals surface area contributed by atoms with Gasteiger partial charge in [0.15, 0.2) is 5.65 Å². The zero-order valence-corrected chi connectivity index (χ0v) is 22.6. The van der Waals surface area contributed by atoms with E-state index in [0.717, 1.165) is 29.5 Å². The van der Waals surface area contributed by atoms with Gasteiger partial charge in [-0.15, -0.1) is 0 Å². The highest BCUT2D eigenvalue weighted by atomic mass is 32.2. The molecule has 3 aromatic rings. The van der Waals surface area contributed by atoms with Crippen molar-refractivity contribution in [3.05, 3.63) is 47.9 Å². The lowest BCUT2D eigenvalue weighted by Crippen LogP contribution is -2.29. The van der Waals surface area contributed by atoms with Crippen LogP contribution >= 0.6 is 11.8 Å². The molecule has 1 saturated heterocycles. The Hall–Kier alpha value is -2.10. The van der Waals surface area contributed by atoms with Crippen molar-refractivity contribution in [3.63, 3.8) is 0 Å². The van der Waals surface area contributed by atoms with Crippen LogP contribution < -0.4 is 5.32 Å². The molecule has 5 rings (SSSR count). The van der Waals surface area contributed by atoms with Crippen LogP contribution in [-0.4, -0.2) is 64.4 Å². The van der Waals surface area contributed by atoms with Gasteiger partial charge in [-0.1, -0.05) is 17.7 Å². The van der Waals surface area contributed by atoms with Crippen LogP contribution in [0.25, 0.3) is 11.0 Å². The Bertz CT molecular complexity index is 1300. The minimum Gasteiger partial charge on any atom is -0.372 e. The van der Waals surface area contributed by atoms with Gasteiger partial charge in [0.05, 0.1) is 10.3 Å². The fraction of sp³-hybridized carbons (Fsp3) is 0.538. The molecule has 0 amide bonds. The molecular formula is C26H35N5O2S2. The summed E-state index contributed by atoms with van der Waals surface area (Å²) in [4.78, 5) is 12.4. The number of likely N-dealkylation sites (tertiary alicyclic amines) is 1. The fourth-order valence-electron chi connectivity index (χ4n) is 5.11. The minimum absolute atomic E-state index is 0.260. The first kappa shape index (κ1) is 24.6. The number of fused-ring (bicyclic) bond motifs is 1. The quantitative estimate of drug-likeness (QED) is 0.466. The molecule has 1 atom stereocenters. The molecule has 1 N–H and O–H groups in total. The smallest absolute Gasteiger partial charge is 0.269 e. The Kier molecular flexibility index (Phi) is 6.85. The van der Waals surface area contributed by atoms with E-state index >= 15 is 0 Å². The number of aromatic nitrogens is 3. The maximum absolute atomic E-state index is 13.4. The highest BCUT2D eigenvalue weighted by Gasteiger charge is 2.35. The van der Waals surface area contributed by atoms with Crippen molar-refractivity contribution in [1.29, 1.82) is 0 Å². The van der Waals surface area contributed by atoms with E-state index < -0.39 is 10.0 Å². The highest BCUT2D eigenvalue weighted by molar-refractivity contribution is 7.99. The molecule has 9 heteroatoms. The van der Waals surface area contributed by atoms with Crippen LogP contribution in [0.15, 0.2) is 41.4 Å². The normalized spacial score (nSPS) is 23.2. The fourth-order valence-corrected chi connectivity index (χ4v) is 7.79. The maximum Gasteiger partial charge on any atom is 0.269 e. The number of nitrogens with one attached hydrogen (secondary N) is 1. The van der Waals surface area contributed by atoms with E-state index in [0.29, 0.717) is 28.8 Å². The third kappa shape index (κ3) is 4.82. The molecule has 0 spiro atoms. The van der Waals surface area contributed by atoms with Crippen molar-refractivity contribution >= 4 is 38.6 Å². The van der Waals surface area contributed by atoms with Gasteiger partial charge >= 0.3 is 0 Å². The van der Waals surface area contributed by atoms with Gasteiger partial charge in [0.25, 0.3) is 10.0 Å². The molecule has 0 radical (unpaired) electrons. The number of benzene rings is 1. The molecule has 1 unspecified atom stereocenters. The number of hydrogen-bond acceptors (Lipinski definition) is 7. The molecule has 35 heavy (non-hydrogen) atoms. The van der Waals surface area contributed by atoms with Crippen LogP contribution in [-0.2, 0) is 10.0 Å². The van der Waals surface area contributed by atoms with Crippen molar-refractivity contribution in [3.8, 4) is 0 Å². The summed E-state index contributed by atoms with van der Waals surface area (Å²) in [5, 5.41) is 4.61. The standard InChI is InChI=1S/C26H35N5O2S2/c1-17(2)30-11-9-21(15-30)34-16-19-13-20(14-19)24-28-25(27-4)23-10-12-31(26(23)29-24)35(32,33)22-7-5-18(3)6-8-22/h5-8,10,12,17,19-21H,9,11,13-16H2,1-4H3,(H,27,28,29). The van der Waals surface area contributed by atoms with E-state index in [4.69, 9.17) is 9.97 Å². The van der Waals surface area contributed by atoms with E-state index in [9.17, 15) is 8.42 Å². The summed E-state index contributed by atoms with van der Waals surface area (Å²) in [6.07, 6.45) is 5.00. The molecule has 3 heterocycles. The lowest BCUT2D eigenvalue weighted by molar-refractivity contribution is 0.276. The van der Waals surface area contributed by atoms with Crippen LogP contribution in [0.3, 0.4) is 0 Å². The van der Waals surface area contributed by atoms with Gasteiger partial charge in [-0.05, 0) is 76.4 Å². The molecule has 1 aliphatic carbocycles. The molecule has 188 valence electrons. The van der Waals surface area contributed by atoms with E-state index in [2.05, 4.69) is 35.8 Å². The van der Waals surface area contributed by atoms with Gasteiger partial charge in [0.1, 0.15) is 11.6 Å². The van der Waals surface area contributed by atoms with E-state index in [1.54, 1.807) is 24.4 Å². The summed E-state index contributed by atoms with van der Waals surface area (Å²) in [6, 6.07) is 9.34. The predicted octanol–water partition coefficient (Wildman–Crippen LogP) is 4.73. The number of anilines is 1. The Morgan fingerprint density at radius 2 is 1.89 bits per heavy atom. The number of thioether (sulfide) groups is 1. The van der Waals surface area contributed by atoms with Crippen LogP contribution in [0.4, 0.5) is 5.82 Å². The van der Waals surface area contributed by atoms with Gasteiger partial charge in [-0.25, -0.2) is 22.4 Å². The summed E-state index contributed by atoms with van der Waals surface area (Å²) in [6.45, 7) is 8.92. The lowest BCUT2D eigenvalue weighted by atomic mass is 9.75. The van der Waals surface area contributed by atoms with Crippen LogP contribution in [0.5, 0.6) is 0 Å². The van der Waals surface area contributed by atoms with Crippen molar-refractivity contribution in [2.45, 2.75) is 62.1 Å². The van der Waals surface area contributed by atoms with Crippen molar-refractivity contribution in [2.75, 3.05) is 31.2 Å². The van der Waals surface area contributed by atoms with Crippen LogP contribution in [0.1, 0.15) is 50.4 Å². The van der Waals surface area contributed by atoms with Gasteiger partial charge in [-0.2, -0.15) is 11.8 Å². The molecule has 7 nitrogen and oxygen atoms in total. The second-order valence-electron chi connectivity index (χ2n) is 10.2. The molecule has 2 fully saturated rings. The molecule has 1 aromatic carbocycles. The van der Waals surface area contributed by atoms with Gasteiger partial charge < -0.3 is 5.32 Å². The molecule has 2 aliphatic rings. The lowest BCUT2D eigenvalue weighted by Gasteiger charge is -2.34. The SMILES string of the molecule is CNc1nc(C2CC(CSC3CCN(C(C)C)C3)C2)nc2c1ccn2S(=O)(=O)c1ccc(C)cc1. The Labute approximate surface area is 212 Å². The van der Waals surface area contributed by atoms with Gasteiger partial charge in [-0.3, -0.25) is 4.90 Å². The third-order valence-electron chi connectivity index (χ3n) is 7.42. The first-order chi connectivity index (χ1) is 16.8. The van der Waals surface area contributed by atoms with Crippen LogP contribution in [0, 0.1) is 12.8 Å². The summed E-state index contributed by atoms with van der Waals surface area (Å²) in [5.41, 5.74) is 1.46. The maximum atomic E-state index is 13.4. The zero-order chi connectivity index (χ0) is 24.7. The van der Waals surface area contributed by atoms with E-state index in [1.165, 1.54) is 29.2 Å². The average molecular weight is 514 g/mol. The Morgan fingerprint density at radius 1 is 1.14 bits per heavy atom. The Balaban J connectivity index is 1.31. The molecule has 1 saturated carbocycles. The van der Waals surface area contributed by atoms with Gasteiger partial charge in [0.2, 0.25) is 0 Å². The van der Waals surface area contributed by atoms with Crippen molar-refractivity contribution in [1.82, 2.24) is 18.8 Å². The first-order valence-electron chi connectivity index (χ1n) is 12.5.